The minimum Gasteiger partial charge on any atom is -0.508 e. The van der Waals surface area contributed by atoms with Gasteiger partial charge in [0.25, 0.3) is 17.7 Å². The molecule has 8 aromatic carbocycles. The summed E-state index contributed by atoms with van der Waals surface area (Å²) in [6.45, 7) is 29.1. The minimum atomic E-state index is -0.750. The molecular formula is C94H107BBrCl3F3N9O10. The molecule has 0 saturated carbocycles. The summed E-state index contributed by atoms with van der Waals surface area (Å²) < 4.78 is 67.2. The number of aryl methyl sites for hydroxylation is 2. The molecule has 6 heterocycles. The number of phenols is 2. The van der Waals surface area contributed by atoms with E-state index in [1.54, 1.807) is 6.07 Å². The number of rotatable bonds is 26. The number of benzene rings is 8. The van der Waals surface area contributed by atoms with Crippen LogP contribution < -0.4 is 30.7 Å². The lowest BCUT2D eigenvalue weighted by molar-refractivity contribution is 0.0939. The largest absolute Gasteiger partial charge is 0.508 e. The van der Waals surface area contributed by atoms with Gasteiger partial charge in [-0.05, 0) is 185 Å². The number of aromatic nitrogens is 3. The number of phenolic OH excluding ortho intramolecular Hbond substituents is 2. The van der Waals surface area contributed by atoms with Crippen molar-refractivity contribution in [3.05, 3.63) is 241 Å². The van der Waals surface area contributed by atoms with Crippen LogP contribution in [0.4, 0.5) is 13.2 Å². The number of carbonyl (C=O) groups is 3. The number of amides is 3. The Kier molecular flexibility index (Phi) is 34.9. The monoisotopic (exact) mass is 1770 g/mol. The highest BCUT2D eigenvalue weighted by molar-refractivity contribution is 9.09. The number of nitrogens with one attached hydrogen (secondary N) is 4. The van der Waals surface area contributed by atoms with E-state index in [1.807, 2.05) is 132 Å². The molecule has 6 N–H and O–H groups in total. The van der Waals surface area contributed by atoms with Crippen LogP contribution in [-0.4, -0.2) is 136 Å². The van der Waals surface area contributed by atoms with Crippen molar-refractivity contribution in [2.24, 2.45) is 0 Å². The maximum absolute atomic E-state index is 13.4. The molecule has 0 saturated heterocycles. The summed E-state index contributed by atoms with van der Waals surface area (Å²) in [4.78, 5) is 42.5. The lowest BCUT2D eigenvalue weighted by Gasteiger charge is -2.28. The Morgan fingerprint density at radius 2 is 0.901 bits per heavy atom. The molecule has 0 unspecified atom stereocenters. The highest BCUT2D eigenvalue weighted by atomic mass is 79.9. The summed E-state index contributed by atoms with van der Waals surface area (Å²) in [7, 11) is 0. The number of nitrogens with zero attached hydrogens (tertiary/aromatic N) is 5. The summed E-state index contributed by atoms with van der Waals surface area (Å²) in [5.74, 6) is 2.10. The van der Waals surface area contributed by atoms with Crippen molar-refractivity contribution in [3.8, 4) is 90.3 Å². The average molecular weight is 1780 g/mol. The van der Waals surface area contributed by atoms with E-state index in [4.69, 9.17) is 57.4 Å². The fourth-order valence-corrected chi connectivity index (χ4v) is 15.1. The van der Waals surface area contributed by atoms with E-state index in [2.05, 4.69) is 146 Å². The van der Waals surface area contributed by atoms with E-state index in [9.17, 15) is 37.8 Å². The van der Waals surface area contributed by atoms with Gasteiger partial charge in [0.2, 0.25) is 0 Å². The van der Waals surface area contributed by atoms with Gasteiger partial charge in [0, 0.05) is 88.5 Å². The van der Waals surface area contributed by atoms with E-state index in [1.165, 1.54) is 33.9 Å². The first-order chi connectivity index (χ1) is 58.3. The Morgan fingerprint density at radius 1 is 0.496 bits per heavy atom. The highest BCUT2D eigenvalue weighted by Gasteiger charge is 2.33. The summed E-state index contributed by atoms with van der Waals surface area (Å²) in [6.07, 6.45) is 2.53. The molecule has 3 aromatic heterocycles. The average Bonchev–Trinajstić information content (AvgIpc) is 1.68. The van der Waals surface area contributed by atoms with Crippen molar-refractivity contribution in [2.45, 2.75) is 146 Å². The van der Waals surface area contributed by atoms with Crippen molar-refractivity contribution in [2.75, 3.05) is 77.7 Å². The maximum Gasteiger partial charge on any atom is 0.450 e. The third-order valence-corrected chi connectivity index (χ3v) is 21.4. The van der Waals surface area contributed by atoms with Crippen molar-refractivity contribution in [3.63, 3.8) is 0 Å². The molecule has 19 nitrogen and oxygen atoms in total. The quantitative estimate of drug-likeness (QED) is 0.0218. The van der Waals surface area contributed by atoms with E-state index in [-0.39, 0.29) is 78.2 Å². The van der Waals surface area contributed by atoms with Crippen molar-refractivity contribution in [1.29, 1.82) is 0 Å². The predicted molar refractivity (Wildman–Crippen MR) is 481 cm³/mol. The van der Waals surface area contributed by atoms with Crippen LogP contribution in [0, 0.1) is 13.8 Å². The van der Waals surface area contributed by atoms with Crippen LogP contribution >= 0.6 is 50.3 Å². The maximum atomic E-state index is 13.4. The van der Waals surface area contributed by atoms with Crippen molar-refractivity contribution < 1.29 is 60.8 Å². The van der Waals surface area contributed by atoms with Gasteiger partial charge in [0.15, 0.2) is 34.4 Å². The first kappa shape index (κ1) is 93.4. The first-order valence-corrected chi connectivity index (χ1v) is 43.5. The van der Waals surface area contributed by atoms with E-state index < -0.39 is 4.96 Å². The van der Waals surface area contributed by atoms with Gasteiger partial charge < -0.3 is 54.5 Å². The predicted octanol–water partition coefficient (Wildman–Crippen LogP) is 21.2. The molecule has 14 rings (SSSR count). The second-order valence-corrected chi connectivity index (χ2v) is 33.3. The van der Waals surface area contributed by atoms with Gasteiger partial charge in [-0.2, -0.15) is 34.4 Å². The Morgan fingerprint density at radius 3 is 1.33 bits per heavy atom. The van der Waals surface area contributed by atoms with Gasteiger partial charge in [0.05, 0.1) is 34.5 Å². The highest BCUT2D eigenvalue weighted by Crippen LogP contribution is 2.48. The first-order valence-electron chi connectivity index (χ1n) is 41.0. The lowest BCUT2D eigenvalue weighted by atomic mass is 9.89. The minimum absolute atomic E-state index is 0.00425. The molecule has 3 amide bonds. The third kappa shape index (κ3) is 24.1. The second kappa shape index (κ2) is 45.3. The molecule has 0 aliphatic carbocycles. The molecule has 121 heavy (non-hydrogen) atoms. The Bertz CT molecular complexity index is 5300. The van der Waals surface area contributed by atoms with Gasteiger partial charge in [0.1, 0.15) is 49.6 Å². The molecule has 0 fully saturated rings. The fourth-order valence-electron chi connectivity index (χ4n) is 15.1. The van der Waals surface area contributed by atoms with Crippen LogP contribution in [0.15, 0.2) is 165 Å². The number of fused-ring (bicyclic) bond motifs is 3. The molecule has 3 aliphatic rings. The number of ether oxygens (including phenoxy) is 2. The van der Waals surface area contributed by atoms with Crippen LogP contribution in [0.3, 0.4) is 0 Å². The van der Waals surface area contributed by atoms with Crippen LogP contribution in [-0.2, 0) is 52.1 Å². The van der Waals surface area contributed by atoms with Crippen molar-refractivity contribution in [1.82, 2.24) is 46.5 Å². The van der Waals surface area contributed by atoms with Gasteiger partial charge in [-0.1, -0.05) is 194 Å². The second-order valence-electron chi connectivity index (χ2n) is 30.6. The molecule has 0 bridgehead atoms. The Balaban J connectivity index is 0.000000187. The SMILES string of the molecule is CCNC(=O)c1noc(-c2cc(C(C)C)c(C)cc2C)c1-c1ccc2c(c1)CCNC2.CCNC(=O)c1noc(-c2cc(C(C)C)c(O)cc2O)c1-c1ccc2c(c1)CCN(CCF)C2.CCNC(=O)c1noc(-c2cc(C(C)C)c(OCc3ccccc3)cc2OCc2ccccc2)c1-c1ccc2c(c1)CCN(CCF)C2.ClB(Cl)Cl.FCCBr. The van der Waals surface area contributed by atoms with Crippen molar-refractivity contribution >= 4 is 73.0 Å². The van der Waals surface area contributed by atoms with E-state index in [0.29, 0.717) is 121 Å². The van der Waals surface area contributed by atoms with Gasteiger partial charge in [-0.25, -0.2) is 8.78 Å². The van der Waals surface area contributed by atoms with Gasteiger partial charge in [-0.15, -0.1) is 0 Å². The molecule has 0 atom stereocenters. The van der Waals surface area contributed by atoms with Crippen LogP contribution in [0.2, 0.25) is 0 Å². The molecule has 27 heteroatoms. The molecular weight excluding hydrogens is 1670 g/mol. The molecule has 0 spiro atoms. The molecule has 640 valence electrons. The summed E-state index contributed by atoms with van der Waals surface area (Å²) in [5.41, 5.74) is 21.7. The number of halogens is 7. The summed E-state index contributed by atoms with van der Waals surface area (Å²) in [6, 6.07) is 49.9. The molecule has 3 aliphatic heterocycles. The number of hydrogen-bond donors (Lipinski definition) is 6. The molecule has 11 aromatic rings. The topological polar surface area (TPSA) is 243 Å². The smallest absolute Gasteiger partial charge is 0.450 e. The van der Waals surface area contributed by atoms with Crippen LogP contribution in [0.1, 0.15) is 184 Å². The number of carbonyl (C=O) groups excluding carboxylic acids is 3. The summed E-state index contributed by atoms with van der Waals surface area (Å²) in [5, 5.41) is 46.0. The van der Waals surface area contributed by atoms with Gasteiger partial charge in [-0.3, -0.25) is 28.6 Å². The summed E-state index contributed by atoms with van der Waals surface area (Å²) >= 11 is 17.3. The number of hydrogen-bond acceptors (Lipinski definition) is 16. The van der Waals surface area contributed by atoms with Crippen LogP contribution in [0.25, 0.3) is 67.4 Å². The van der Waals surface area contributed by atoms with E-state index >= 15 is 0 Å². The Labute approximate surface area is 730 Å². The fraction of sp³-hybridized carbons (Fsp3) is 0.362. The zero-order valence-corrected chi connectivity index (χ0v) is 74.3. The lowest BCUT2D eigenvalue weighted by Crippen LogP contribution is -2.32. The van der Waals surface area contributed by atoms with Crippen LogP contribution in [0.5, 0.6) is 23.0 Å². The zero-order valence-electron chi connectivity index (χ0n) is 70.4. The number of aromatic hydroxyl groups is 2. The normalized spacial score (nSPS) is 12.9. The standard InChI is InChI=1S/C40H42FN3O4.C26H30FN3O4.C26H31N3O2.C2H4BrF.BCl3/c1-4-42-40(45)38-37(31-15-16-32-24-44(20-18-41)19-17-30(32)21-31)39(48-43-38)34-22-33(27(2)3)35(46-25-28-11-7-5-8-12-28)23-36(34)47-26-29-13-9-6-10-14-29;1-4-28-26(33)24-23(17-5-6-18-14-30(10-8-27)9-7-16(18)11-17)25(34-29-24)20-12-19(15(2)3)21(31)13-22(20)32;1-6-28-26(30)24-23(19-7-8-20-14-27-10-9-18(20)12-19)25(31-29-24)22-13-21(15(2)3)16(4)11-17(22)5;3-1-2-4;2-1(3)4/h5-16,21-23,27H,4,17-20,24-26H2,1-3H3,(H,42,45);5-6,11-13,15,31-32H,4,7-10,14H2,1-3H3,(H,28,33);7-8,11-13,15,27H,6,9-10,14H2,1-5H3,(H,28,30);1-2H2;. The number of alkyl halides is 4. The Hall–Kier alpha value is -9.92. The third-order valence-electron chi connectivity index (χ3n) is 21.1. The zero-order chi connectivity index (χ0) is 87.0. The van der Waals surface area contributed by atoms with Gasteiger partial charge >= 0.3 is 4.96 Å². The van der Waals surface area contributed by atoms with E-state index in [0.717, 1.165) is 118 Å². The molecule has 0 radical (unpaired) electrons.